The van der Waals surface area contributed by atoms with Gasteiger partial charge in [0.1, 0.15) is 0 Å². The Morgan fingerprint density at radius 3 is 1.23 bits per heavy atom. The molecular formula is C28H36F9NO6S3. The summed E-state index contributed by atoms with van der Waals surface area (Å²) in [4.78, 5) is -1.30. The zero-order valence-electron chi connectivity index (χ0n) is 25.1. The van der Waals surface area contributed by atoms with Gasteiger partial charge in [-0.05, 0) is 73.0 Å². The summed E-state index contributed by atoms with van der Waals surface area (Å²) in [5.41, 5.74) is -6.54. The van der Waals surface area contributed by atoms with Crippen LogP contribution in [0, 0.1) is 0 Å². The van der Waals surface area contributed by atoms with E-state index in [4.69, 9.17) is 0 Å². The molecule has 0 aliphatic heterocycles. The van der Waals surface area contributed by atoms with Crippen molar-refractivity contribution in [2.75, 3.05) is 0 Å². The lowest BCUT2D eigenvalue weighted by Gasteiger charge is -2.35. The summed E-state index contributed by atoms with van der Waals surface area (Å²) >= 11 is 0. The highest BCUT2D eigenvalue weighted by Crippen LogP contribution is 2.55. The summed E-state index contributed by atoms with van der Waals surface area (Å²) in [6.07, 6.45) is 8.57. The predicted octanol–water partition coefficient (Wildman–Crippen LogP) is 8.19. The number of nitrogens with one attached hydrogen (secondary N) is 1. The number of hydrogen-bond donors (Lipinski definition) is 1. The van der Waals surface area contributed by atoms with Crippen LogP contribution in [0.15, 0.2) is 17.0 Å². The first-order valence-corrected chi connectivity index (χ1v) is 19.8. The fourth-order valence-electron chi connectivity index (χ4n) is 6.99. The molecule has 1 aromatic rings. The summed E-state index contributed by atoms with van der Waals surface area (Å²) in [5, 5.41) is -14.3. The van der Waals surface area contributed by atoms with Crippen LogP contribution in [0.2, 0.25) is 0 Å². The molecule has 0 aromatic heterocycles. The molecule has 0 amide bonds. The average molecular weight is 750 g/mol. The summed E-state index contributed by atoms with van der Waals surface area (Å²) in [5.74, 6) is -9.05. The Morgan fingerprint density at radius 1 is 0.511 bits per heavy atom. The van der Waals surface area contributed by atoms with E-state index in [-0.39, 0.29) is 42.7 Å². The average Bonchev–Trinajstić information content (AvgIpc) is 3.00. The van der Waals surface area contributed by atoms with Crippen molar-refractivity contribution in [2.24, 2.45) is 0 Å². The molecule has 1 N–H and O–H groups in total. The van der Waals surface area contributed by atoms with E-state index in [9.17, 15) is 47.2 Å². The first-order chi connectivity index (χ1) is 21.5. The number of sulfonamides is 2. The monoisotopic (exact) mass is 749 g/mol. The Hall–Kier alpha value is -1.60. The highest BCUT2D eigenvalue weighted by molar-refractivity contribution is 8.05. The van der Waals surface area contributed by atoms with Crippen molar-refractivity contribution < 1.29 is 64.8 Å². The van der Waals surface area contributed by atoms with E-state index in [1.165, 1.54) is 12.1 Å². The summed E-state index contributed by atoms with van der Waals surface area (Å²) in [6, 6.07) is 2.71. The van der Waals surface area contributed by atoms with Crippen LogP contribution in [0.25, 0.3) is 0 Å². The Labute approximate surface area is 268 Å². The van der Waals surface area contributed by atoms with Crippen LogP contribution < -0.4 is 4.13 Å². The number of halogens is 9. The van der Waals surface area contributed by atoms with Crippen molar-refractivity contribution in [2.45, 2.75) is 141 Å². The van der Waals surface area contributed by atoms with Gasteiger partial charge in [0.15, 0.2) is 0 Å². The molecule has 0 radical (unpaired) electrons. The van der Waals surface area contributed by atoms with Gasteiger partial charge >= 0.3 is 32.0 Å². The van der Waals surface area contributed by atoms with Crippen LogP contribution in [-0.2, 0) is 29.9 Å². The molecule has 0 saturated heterocycles. The van der Waals surface area contributed by atoms with Crippen molar-refractivity contribution >= 4 is 29.9 Å². The van der Waals surface area contributed by atoms with E-state index in [0.717, 1.165) is 19.3 Å². The van der Waals surface area contributed by atoms with E-state index >= 15 is 17.6 Å². The zero-order valence-corrected chi connectivity index (χ0v) is 27.5. The van der Waals surface area contributed by atoms with Gasteiger partial charge in [-0.2, -0.15) is 39.5 Å². The molecule has 3 saturated carbocycles. The van der Waals surface area contributed by atoms with Crippen LogP contribution in [-0.4, -0.2) is 47.2 Å². The SMILES string of the molecule is O=S(=O)(NS(=O)(=O)C(F)(F)C(F)(F)C(F)(F)S(=O)(=O)c1c(C2CCCCC2)cc(C2CCCCC2)cc1C1CCCCC1)C(F)(F)F. The van der Waals surface area contributed by atoms with Crippen molar-refractivity contribution in [3.63, 3.8) is 0 Å². The van der Waals surface area contributed by atoms with Crippen molar-refractivity contribution in [1.29, 1.82) is 0 Å². The van der Waals surface area contributed by atoms with Gasteiger partial charge in [0.05, 0.1) is 4.90 Å². The van der Waals surface area contributed by atoms with E-state index < -0.39 is 72.7 Å². The van der Waals surface area contributed by atoms with E-state index in [1.807, 2.05) is 0 Å². The normalized spacial score (nSPS) is 21.2. The topological polar surface area (TPSA) is 114 Å². The van der Waals surface area contributed by atoms with E-state index in [0.29, 0.717) is 56.9 Å². The Bertz CT molecular complexity index is 1590. The van der Waals surface area contributed by atoms with Gasteiger partial charge < -0.3 is 0 Å². The minimum Gasteiger partial charge on any atom is -0.217 e. The maximum atomic E-state index is 15.8. The number of rotatable bonds is 10. The second-order valence-electron chi connectivity index (χ2n) is 12.7. The van der Waals surface area contributed by atoms with E-state index in [1.54, 1.807) is 0 Å². The molecule has 1 aromatic carbocycles. The molecule has 0 unspecified atom stereocenters. The highest BCUT2D eigenvalue weighted by atomic mass is 32.3. The summed E-state index contributed by atoms with van der Waals surface area (Å²) in [7, 11) is -22.1. The van der Waals surface area contributed by atoms with Crippen LogP contribution in [0.4, 0.5) is 39.5 Å². The quantitative estimate of drug-likeness (QED) is 0.242. The molecule has 7 nitrogen and oxygen atoms in total. The lowest BCUT2D eigenvalue weighted by molar-refractivity contribution is -0.243. The fraction of sp³-hybridized carbons (Fsp3) is 0.786. The highest BCUT2D eigenvalue weighted by Gasteiger charge is 2.83. The van der Waals surface area contributed by atoms with Gasteiger partial charge in [-0.1, -0.05) is 74.0 Å². The zero-order chi connectivity index (χ0) is 35.3. The fourth-order valence-corrected chi connectivity index (χ4v) is 11.3. The first kappa shape index (κ1) is 38.2. The summed E-state index contributed by atoms with van der Waals surface area (Å²) < 4.78 is 203. The largest absolute Gasteiger partial charge is 0.512 e. The number of sulfone groups is 1. The van der Waals surface area contributed by atoms with Crippen LogP contribution in [0.5, 0.6) is 0 Å². The first-order valence-electron chi connectivity index (χ1n) is 15.4. The van der Waals surface area contributed by atoms with Gasteiger partial charge in [0, 0.05) is 0 Å². The number of alkyl halides is 9. The lowest BCUT2D eigenvalue weighted by Crippen LogP contribution is -2.63. The Balaban J connectivity index is 1.94. The molecule has 0 bridgehead atoms. The predicted molar refractivity (Wildman–Crippen MR) is 153 cm³/mol. The second kappa shape index (κ2) is 13.3. The lowest BCUT2D eigenvalue weighted by atomic mass is 9.76. The molecular weight excluding hydrogens is 713 g/mol. The minimum atomic E-state index is -7.85. The van der Waals surface area contributed by atoms with Gasteiger partial charge in [-0.3, -0.25) is 0 Å². The maximum absolute atomic E-state index is 15.8. The third-order valence-corrected chi connectivity index (χ3v) is 14.8. The molecule has 3 aliphatic rings. The van der Waals surface area contributed by atoms with Crippen molar-refractivity contribution in [1.82, 2.24) is 4.13 Å². The summed E-state index contributed by atoms with van der Waals surface area (Å²) in [6.45, 7) is 0. The molecule has 0 spiro atoms. The van der Waals surface area contributed by atoms with Gasteiger partial charge in [0.2, 0.25) is 0 Å². The molecule has 3 aliphatic carbocycles. The van der Waals surface area contributed by atoms with Crippen LogP contribution >= 0.6 is 0 Å². The third-order valence-electron chi connectivity index (χ3n) is 9.53. The third kappa shape index (κ3) is 6.92. The smallest absolute Gasteiger partial charge is 0.217 e. The van der Waals surface area contributed by atoms with Crippen LogP contribution in [0.3, 0.4) is 0 Å². The maximum Gasteiger partial charge on any atom is 0.512 e. The number of benzene rings is 1. The van der Waals surface area contributed by atoms with E-state index in [2.05, 4.69) is 0 Å². The Morgan fingerprint density at radius 2 is 0.872 bits per heavy atom. The molecule has 0 heterocycles. The molecule has 0 atom stereocenters. The standard InChI is InChI=1S/C28H36F9NO6S3/c29-25(30,27(33,34)46(41,42)38-47(43,44)28(35,36)37)26(31,32)45(39,40)24-22(19-12-6-2-7-13-19)16-21(18-10-4-1-5-11-18)17-23(24)20-14-8-3-9-15-20/h16-20,38H,1-15H2. The second-order valence-corrected chi connectivity index (χ2v) is 18.3. The number of hydrogen-bond acceptors (Lipinski definition) is 6. The van der Waals surface area contributed by atoms with Gasteiger partial charge in [-0.15, -0.1) is 0 Å². The molecule has 19 heteroatoms. The Kier molecular flexibility index (Phi) is 10.8. The van der Waals surface area contributed by atoms with Gasteiger partial charge in [0.25, 0.3) is 19.9 Å². The minimum absolute atomic E-state index is 0.108. The van der Waals surface area contributed by atoms with Crippen LogP contribution in [0.1, 0.15) is 131 Å². The molecule has 3 fully saturated rings. The van der Waals surface area contributed by atoms with Gasteiger partial charge in [-0.25, -0.2) is 25.3 Å². The molecule has 270 valence electrons. The molecule has 47 heavy (non-hydrogen) atoms. The molecule has 4 rings (SSSR count). The van der Waals surface area contributed by atoms with Crippen molar-refractivity contribution in [3.05, 3.63) is 28.8 Å². The van der Waals surface area contributed by atoms with Crippen molar-refractivity contribution in [3.8, 4) is 0 Å².